The number of benzene rings is 1. The lowest BCUT2D eigenvalue weighted by atomic mass is 9.97. The zero-order valence-electron chi connectivity index (χ0n) is 11.6. The van der Waals surface area contributed by atoms with Gasteiger partial charge in [-0.25, -0.2) is 0 Å². The van der Waals surface area contributed by atoms with E-state index in [1.54, 1.807) is 19.2 Å². The third-order valence-corrected chi connectivity index (χ3v) is 2.86. The summed E-state index contributed by atoms with van der Waals surface area (Å²) in [6.07, 6.45) is 2.10. The van der Waals surface area contributed by atoms with E-state index in [0.29, 0.717) is 11.3 Å². The van der Waals surface area contributed by atoms with Gasteiger partial charge in [-0.15, -0.1) is 0 Å². The molecule has 18 heavy (non-hydrogen) atoms. The van der Waals surface area contributed by atoms with Gasteiger partial charge in [0.1, 0.15) is 0 Å². The highest BCUT2D eigenvalue weighted by Crippen LogP contribution is 2.25. The Morgan fingerprint density at radius 2 is 2.06 bits per heavy atom. The average Bonchev–Trinajstić information content (AvgIpc) is 2.27. The molecule has 4 nitrogen and oxygen atoms in total. The zero-order chi connectivity index (χ0) is 13.8. The van der Waals surface area contributed by atoms with Gasteiger partial charge >= 0.3 is 0 Å². The Morgan fingerprint density at radius 3 is 2.61 bits per heavy atom. The van der Waals surface area contributed by atoms with Gasteiger partial charge in [-0.1, -0.05) is 13.3 Å². The summed E-state index contributed by atoms with van der Waals surface area (Å²) in [5.41, 5.74) is 7.78. The van der Waals surface area contributed by atoms with Gasteiger partial charge in [0.2, 0.25) is 0 Å². The number of amides is 1. The van der Waals surface area contributed by atoms with Gasteiger partial charge in [-0.2, -0.15) is 0 Å². The summed E-state index contributed by atoms with van der Waals surface area (Å²) in [5, 5.41) is 6.04. The second-order valence-corrected chi connectivity index (χ2v) is 5.14. The summed E-state index contributed by atoms with van der Waals surface area (Å²) in [6, 6.07) is 5.29. The van der Waals surface area contributed by atoms with E-state index in [1.807, 2.05) is 6.07 Å². The fraction of sp³-hybridized carbons (Fsp3) is 0.500. The Bertz CT molecular complexity index is 427. The van der Waals surface area contributed by atoms with Crippen LogP contribution < -0.4 is 16.4 Å². The van der Waals surface area contributed by atoms with Crippen molar-refractivity contribution in [3.63, 3.8) is 0 Å². The van der Waals surface area contributed by atoms with E-state index in [-0.39, 0.29) is 11.4 Å². The summed E-state index contributed by atoms with van der Waals surface area (Å²) in [7, 11) is 1.62. The highest BCUT2D eigenvalue weighted by atomic mass is 16.1. The molecule has 0 saturated heterocycles. The third kappa shape index (κ3) is 3.65. The molecule has 1 amide bonds. The molecule has 0 fully saturated rings. The van der Waals surface area contributed by atoms with Crippen LogP contribution in [0.5, 0.6) is 0 Å². The Labute approximate surface area is 109 Å². The molecule has 0 spiro atoms. The van der Waals surface area contributed by atoms with Gasteiger partial charge < -0.3 is 16.4 Å². The molecule has 1 rings (SSSR count). The molecule has 0 bridgehead atoms. The molecule has 0 aliphatic rings. The summed E-state index contributed by atoms with van der Waals surface area (Å²) in [6.45, 7) is 6.38. The van der Waals surface area contributed by atoms with Crippen LogP contribution in [0.1, 0.15) is 44.0 Å². The van der Waals surface area contributed by atoms with Crippen molar-refractivity contribution < 1.29 is 4.79 Å². The number of anilines is 2. The molecular formula is C14H23N3O. The van der Waals surface area contributed by atoms with Crippen molar-refractivity contribution in [3.8, 4) is 0 Å². The second kappa shape index (κ2) is 5.76. The number of carbonyl (C=O) groups excluding carboxylic acids is 1. The lowest BCUT2D eigenvalue weighted by Gasteiger charge is -2.28. The molecule has 1 aromatic rings. The topological polar surface area (TPSA) is 67.1 Å². The van der Waals surface area contributed by atoms with E-state index in [4.69, 9.17) is 5.73 Å². The van der Waals surface area contributed by atoms with Crippen LogP contribution in [0.2, 0.25) is 0 Å². The number of rotatable bonds is 5. The molecule has 0 atom stereocenters. The third-order valence-electron chi connectivity index (χ3n) is 2.86. The van der Waals surface area contributed by atoms with Crippen LogP contribution in [0.4, 0.5) is 11.4 Å². The Morgan fingerprint density at radius 1 is 1.39 bits per heavy atom. The predicted octanol–water partition coefficient (Wildman–Crippen LogP) is 2.62. The molecular weight excluding hydrogens is 226 g/mol. The van der Waals surface area contributed by atoms with Crippen molar-refractivity contribution in [2.24, 2.45) is 0 Å². The number of nitrogen functional groups attached to an aromatic ring is 1. The molecule has 1 aromatic carbocycles. The van der Waals surface area contributed by atoms with Gasteiger partial charge in [-0.3, -0.25) is 4.79 Å². The van der Waals surface area contributed by atoms with Crippen molar-refractivity contribution in [3.05, 3.63) is 23.8 Å². The molecule has 4 heteroatoms. The molecule has 0 unspecified atom stereocenters. The lowest BCUT2D eigenvalue weighted by Crippen LogP contribution is -2.32. The van der Waals surface area contributed by atoms with Gasteiger partial charge in [-0.05, 0) is 38.5 Å². The van der Waals surface area contributed by atoms with Crippen LogP contribution in [0, 0.1) is 0 Å². The molecule has 100 valence electrons. The Kier molecular flexibility index (Phi) is 4.59. The van der Waals surface area contributed by atoms with Gasteiger partial charge in [0.05, 0.1) is 5.56 Å². The highest BCUT2D eigenvalue weighted by molar-refractivity contribution is 6.00. The number of hydrogen-bond donors (Lipinski definition) is 3. The van der Waals surface area contributed by atoms with E-state index in [1.165, 1.54) is 0 Å². The molecule has 0 radical (unpaired) electrons. The average molecular weight is 249 g/mol. The smallest absolute Gasteiger partial charge is 0.253 e. The quantitative estimate of drug-likeness (QED) is 0.703. The van der Waals surface area contributed by atoms with Crippen molar-refractivity contribution in [1.29, 1.82) is 0 Å². The van der Waals surface area contributed by atoms with E-state index in [9.17, 15) is 4.79 Å². The molecule has 4 N–H and O–H groups in total. The fourth-order valence-corrected chi connectivity index (χ4v) is 2.05. The van der Waals surface area contributed by atoms with Crippen LogP contribution in [0.15, 0.2) is 18.2 Å². The maximum atomic E-state index is 11.8. The minimum Gasteiger partial charge on any atom is -0.399 e. The zero-order valence-corrected chi connectivity index (χ0v) is 11.6. The normalized spacial score (nSPS) is 11.1. The first kappa shape index (κ1) is 14.4. The highest BCUT2D eigenvalue weighted by Gasteiger charge is 2.19. The van der Waals surface area contributed by atoms with Crippen LogP contribution in [-0.4, -0.2) is 18.5 Å². The number of nitrogens with one attached hydrogen (secondary N) is 2. The largest absolute Gasteiger partial charge is 0.399 e. The first-order chi connectivity index (χ1) is 8.39. The van der Waals surface area contributed by atoms with Gasteiger partial charge in [0.25, 0.3) is 5.91 Å². The Balaban J connectivity index is 3.06. The van der Waals surface area contributed by atoms with Crippen molar-refractivity contribution >= 4 is 17.3 Å². The molecule has 0 aromatic heterocycles. The van der Waals surface area contributed by atoms with Gasteiger partial charge in [0.15, 0.2) is 0 Å². The fourth-order valence-electron chi connectivity index (χ4n) is 2.05. The summed E-state index contributed by atoms with van der Waals surface area (Å²) >= 11 is 0. The standard InChI is InChI=1S/C14H23N3O/c1-5-8-14(2,3)17-12-9-10(15)6-7-11(12)13(18)16-4/h6-7,9,17H,5,8,15H2,1-4H3,(H,16,18). The molecule has 0 saturated carbocycles. The van der Waals surface area contributed by atoms with Crippen LogP contribution in [-0.2, 0) is 0 Å². The van der Waals surface area contributed by atoms with Crippen LogP contribution in [0.25, 0.3) is 0 Å². The second-order valence-electron chi connectivity index (χ2n) is 5.14. The maximum Gasteiger partial charge on any atom is 0.253 e. The maximum absolute atomic E-state index is 11.8. The monoisotopic (exact) mass is 249 g/mol. The van der Waals surface area contributed by atoms with E-state index in [0.717, 1.165) is 18.5 Å². The predicted molar refractivity (Wildman–Crippen MR) is 76.9 cm³/mol. The number of hydrogen-bond acceptors (Lipinski definition) is 3. The van der Waals surface area contributed by atoms with E-state index in [2.05, 4.69) is 31.4 Å². The van der Waals surface area contributed by atoms with Crippen molar-refractivity contribution in [1.82, 2.24) is 5.32 Å². The summed E-state index contributed by atoms with van der Waals surface area (Å²) < 4.78 is 0. The number of carbonyl (C=O) groups is 1. The minimum atomic E-state index is -0.107. The summed E-state index contributed by atoms with van der Waals surface area (Å²) in [5.74, 6) is -0.107. The van der Waals surface area contributed by atoms with Crippen LogP contribution >= 0.6 is 0 Å². The van der Waals surface area contributed by atoms with Crippen LogP contribution in [0.3, 0.4) is 0 Å². The lowest BCUT2D eigenvalue weighted by molar-refractivity contribution is 0.0964. The SMILES string of the molecule is CCCC(C)(C)Nc1cc(N)ccc1C(=O)NC. The first-order valence-corrected chi connectivity index (χ1v) is 6.29. The molecule has 0 heterocycles. The minimum absolute atomic E-state index is 0.0642. The Hall–Kier alpha value is -1.71. The van der Waals surface area contributed by atoms with Crippen molar-refractivity contribution in [2.75, 3.05) is 18.1 Å². The summed E-state index contributed by atoms with van der Waals surface area (Å²) in [4.78, 5) is 11.8. The van der Waals surface area contributed by atoms with E-state index < -0.39 is 0 Å². The first-order valence-electron chi connectivity index (χ1n) is 6.29. The molecule has 0 aliphatic heterocycles. The van der Waals surface area contributed by atoms with Gasteiger partial charge in [0, 0.05) is 24.0 Å². The number of nitrogens with two attached hydrogens (primary N) is 1. The van der Waals surface area contributed by atoms with Crippen molar-refractivity contribution in [2.45, 2.75) is 39.2 Å². The molecule has 0 aliphatic carbocycles. The van der Waals surface area contributed by atoms with E-state index >= 15 is 0 Å².